The van der Waals surface area contributed by atoms with E-state index in [1.165, 1.54) is 11.1 Å². The molecule has 4 aliphatic carbocycles. The lowest BCUT2D eigenvalue weighted by Crippen LogP contribution is -2.47. The fourth-order valence-electron chi connectivity index (χ4n) is 5.81. The van der Waals surface area contributed by atoms with Crippen LogP contribution in [0, 0.1) is 22.7 Å². The van der Waals surface area contributed by atoms with Gasteiger partial charge >= 0.3 is 0 Å². The van der Waals surface area contributed by atoms with E-state index in [-0.39, 0.29) is 22.5 Å². The Balaban J connectivity index is 1.76. The van der Waals surface area contributed by atoms with Gasteiger partial charge in [-0.05, 0) is 49.4 Å². The highest BCUT2D eigenvalue weighted by molar-refractivity contribution is 5.87. The minimum Gasteiger partial charge on any atom is -0.385 e. The third-order valence-corrected chi connectivity index (χ3v) is 7.40. The van der Waals surface area contributed by atoms with Gasteiger partial charge in [-0.25, -0.2) is 0 Å². The Hall–Kier alpha value is -0.930. The molecule has 0 amide bonds. The van der Waals surface area contributed by atoms with Crippen molar-refractivity contribution in [3.05, 3.63) is 23.3 Å². The number of ketones is 1. The number of carbonyl (C=O) groups excluding carboxylic acids is 1. The van der Waals surface area contributed by atoms with Crippen LogP contribution in [0.15, 0.2) is 23.3 Å². The molecular weight excluding hydrogens is 274 g/mol. The largest absolute Gasteiger partial charge is 0.385 e. The minimum atomic E-state index is -0.766. The first-order valence-corrected chi connectivity index (χ1v) is 8.74. The Morgan fingerprint density at radius 2 is 1.91 bits per heavy atom. The Bertz CT molecular complexity index is 592. The van der Waals surface area contributed by atoms with Gasteiger partial charge in [0.15, 0.2) is 5.78 Å². The first kappa shape index (κ1) is 14.6. The molecule has 4 rings (SSSR count). The molecule has 1 unspecified atom stereocenters. The summed E-state index contributed by atoms with van der Waals surface area (Å²) in [5.74, 6) is 0.815. The van der Waals surface area contributed by atoms with Gasteiger partial charge in [-0.2, -0.15) is 0 Å². The average Bonchev–Trinajstić information content (AvgIpc) is 2.72. The lowest BCUT2D eigenvalue weighted by Gasteiger charge is -2.54. The van der Waals surface area contributed by atoms with Crippen LogP contribution in [0.25, 0.3) is 0 Å². The van der Waals surface area contributed by atoms with Crippen molar-refractivity contribution in [3.8, 4) is 0 Å². The van der Waals surface area contributed by atoms with Crippen molar-refractivity contribution in [2.75, 3.05) is 0 Å². The zero-order valence-electron chi connectivity index (χ0n) is 13.6. The van der Waals surface area contributed by atoms with Crippen molar-refractivity contribution >= 4 is 5.78 Å². The van der Waals surface area contributed by atoms with E-state index >= 15 is 0 Å². The molecule has 3 N–H and O–H groups in total. The molecule has 120 valence electrons. The van der Waals surface area contributed by atoms with Crippen LogP contribution in [0.3, 0.4) is 0 Å². The summed E-state index contributed by atoms with van der Waals surface area (Å²) in [7, 11) is 0. The number of fused-ring (bicyclic) bond motifs is 5. The van der Waals surface area contributed by atoms with Crippen molar-refractivity contribution in [3.63, 3.8) is 0 Å². The molecule has 3 saturated carbocycles. The van der Waals surface area contributed by atoms with Crippen LogP contribution in [0.5, 0.6) is 0 Å². The van der Waals surface area contributed by atoms with Crippen molar-refractivity contribution in [2.24, 2.45) is 28.4 Å². The second-order valence-corrected chi connectivity index (χ2v) is 8.50. The summed E-state index contributed by atoms with van der Waals surface area (Å²) in [4.78, 5) is 12.1. The Labute approximate surface area is 132 Å². The molecule has 3 nitrogen and oxygen atoms in total. The van der Waals surface area contributed by atoms with Gasteiger partial charge in [-0.1, -0.05) is 37.1 Å². The Morgan fingerprint density at radius 3 is 2.68 bits per heavy atom. The average molecular weight is 301 g/mol. The van der Waals surface area contributed by atoms with Crippen LogP contribution < -0.4 is 5.73 Å². The van der Waals surface area contributed by atoms with E-state index in [9.17, 15) is 9.90 Å². The lowest BCUT2D eigenvalue weighted by atomic mass is 9.51. The molecule has 4 aliphatic rings. The lowest BCUT2D eigenvalue weighted by molar-refractivity contribution is -0.127. The third kappa shape index (κ3) is 1.73. The quantitative estimate of drug-likeness (QED) is 0.723. The molecule has 0 aromatic heterocycles. The molecule has 22 heavy (non-hydrogen) atoms. The topological polar surface area (TPSA) is 63.3 Å². The standard InChI is InChI=1S/C19H27NO2/c1-18-7-5-12(20)9-11(18)3-4-13-14(18)6-8-19(2)15(13)10-16(21)17(19)22/h3-4,12,14-15,17,22H,5-10,20H2,1-2H3/t12?,14-,15-,17-,18-,19-/m0/s1. The van der Waals surface area contributed by atoms with Crippen molar-refractivity contribution in [2.45, 2.75) is 64.5 Å². The molecule has 0 aromatic rings. The molecule has 0 bridgehead atoms. The van der Waals surface area contributed by atoms with E-state index in [2.05, 4.69) is 26.0 Å². The molecule has 3 fully saturated rings. The summed E-state index contributed by atoms with van der Waals surface area (Å²) >= 11 is 0. The second kappa shape index (κ2) is 4.55. The summed E-state index contributed by atoms with van der Waals surface area (Å²) in [6.45, 7) is 4.51. The predicted octanol–water partition coefficient (Wildman–Crippen LogP) is 2.74. The van der Waals surface area contributed by atoms with E-state index in [4.69, 9.17) is 5.73 Å². The highest BCUT2D eigenvalue weighted by atomic mass is 16.3. The van der Waals surface area contributed by atoms with E-state index in [1.54, 1.807) is 0 Å². The molecule has 0 aromatic carbocycles. The van der Waals surface area contributed by atoms with Gasteiger partial charge in [0.2, 0.25) is 0 Å². The number of aliphatic hydroxyl groups is 1. The summed E-state index contributed by atoms with van der Waals surface area (Å²) in [5.41, 5.74) is 9.09. The summed E-state index contributed by atoms with van der Waals surface area (Å²) in [6, 6.07) is 0.304. The van der Waals surface area contributed by atoms with E-state index < -0.39 is 6.10 Å². The first-order chi connectivity index (χ1) is 10.4. The second-order valence-electron chi connectivity index (χ2n) is 8.50. The van der Waals surface area contributed by atoms with Crippen LogP contribution in [-0.4, -0.2) is 23.0 Å². The van der Waals surface area contributed by atoms with Crippen molar-refractivity contribution in [1.29, 1.82) is 0 Å². The minimum absolute atomic E-state index is 0.0413. The summed E-state index contributed by atoms with van der Waals surface area (Å²) < 4.78 is 0. The van der Waals surface area contributed by atoms with E-state index in [0.717, 1.165) is 32.1 Å². The van der Waals surface area contributed by atoms with Gasteiger partial charge < -0.3 is 10.8 Å². The maximum absolute atomic E-state index is 12.1. The number of nitrogens with two attached hydrogens (primary N) is 1. The van der Waals surface area contributed by atoms with Crippen LogP contribution >= 0.6 is 0 Å². The Morgan fingerprint density at radius 1 is 1.14 bits per heavy atom. The molecule has 6 atom stereocenters. The zero-order valence-corrected chi connectivity index (χ0v) is 13.6. The van der Waals surface area contributed by atoms with E-state index in [0.29, 0.717) is 18.4 Å². The van der Waals surface area contributed by atoms with Gasteiger partial charge in [-0.3, -0.25) is 4.79 Å². The molecule has 0 radical (unpaired) electrons. The number of hydrogen-bond acceptors (Lipinski definition) is 3. The van der Waals surface area contributed by atoms with Gasteiger partial charge in [0.1, 0.15) is 6.10 Å². The van der Waals surface area contributed by atoms with Crippen molar-refractivity contribution < 1.29 is 9.90 Å². The van der Waals surface area contributed by atoms with Crippen LogP contribution in [0.2, 0.25) is 0 Å². The maximum atomic E-state index is 12.1. The molecule has 0 heterocycles. The zero-order chi connectivity index (χ0) is 15.7. The molecule has 0 aliphatic heterocycles. The number of Topliss-reactive ketones (excluding diaryl/α,β-unsaturated/α-hetero) is 1. The van der Waals surface area contributed by atoms with E-state index in [1.807, 2.05) is 0 Å². The Kier molecular flexibility index (Phi) is 3.03. The van der Waals surface area contributed by atoms with Crippen LogP contribution in [0.1, 0.15) is 52.4 Å². The summed E-state index contributed by atoms with van der Waals surface area (Å²) in [5, 5.41) is 10.4. The van der Waals surface area contributed by atoms with Crippen molar-refractivity contribution in [1.82, 2.24) is 0 Å². The number of hydrogen-bond donors (Lipinski definition) is 2. The van der Waals surface area contributed by atoms with Gasteiger partial charge in [0, 0.05) is 17.9 Å². The normalized spacial score (nSPS) is 50.6. The fourth-order valence-corrected chi connectivity index (χ4v) is 5.81. The molecule has 3 heteroatoms. The number of aliphatic hydroxyl groups excluding tert-OH is 1. The maximum Gasteiger partial charge on any atom is 0.162 e. The summed E-state index contributed by atoms with van der Waals surface area (Å²) in [6.07, 6.45) is 9.63. The predicted molar refractivity (Wildman–Crippen MR) is 86.1 cm³/mol. The molecule has 0 spiro atoms. The third-order valence-electron chi connectivity index (χ3n) is 7.40. The highest BCUT2D eigenvalue weighted by Gasteiger charge is 2.58. The van der Waals surface area contributed by atoms with Gasteiger partial charge in [0.25, 0.3) is 0 Å². The first-order valence-electron chi connectivity index (χ1n) is 8.74. The van der Waals surface area contributed by atoms with Crippen LogP contribution in [0.4, 0.5) is 0 Å². The molecule has 0 saturated heterocycles. The fraction of sp³-hybridized carbons (Fsp3) is 0.737. The molecular formula is C19H27NO2. The SMILES string of the molecule is C[C@]12CC[C@H]3C(=CC=C4CC(N)CC[C@@]43C)[C@@H]1CC(=O)[C@@H]2O. The number of rotatable bonds is 0. The number of allylic oxidation sites excluding steroid dienone is 3. The van der Waals surface area contributed by atoms with Gasteiger partial charge in [-0.15, -0.1) is 0 Å². The number of carbonyl (C=O) groups is 1. The van der Waals surface area contributed by atoms with Crippen LogP contribution in [-0.2, 0) is 4.79 Å². The smallest absolute Gasteiger partial charge is 0.162 e. The monoisotopic (exact) mass is 301 g/mol. The highest BCUT2D eigenvalue weighted by Crippen LogP contribution is 2.62. The van der Waals surface area contributed by atoms with Gasteiger partial charge in [0.05, 0.1) is 0 Å².